The van der Waals surface area contributed by atoms with Crippen molar-refractivity contribution in [2.75, 3.05) is 14.2 Å². The first-order valence-corrected chi connectivity index (χ1v) is 7.65. The van der Waals surface area contributed by atoms with Crippen LogP contribution in [-0.2, 0) is 11.2 Å². The Morgan fingerprint density at radius 1 is 1.35 bits per heavy atom. The van der Waals surface area contributed by atoms with Crippen LogP contribution < -0.4 is 5.32 Å². The Balaban J connectivity index is 2.21. The van der Waals surface area contributed by atoms with E-state index in [0.29, 0.717) is 11.4 Å². The second-order valence-corrected chi connectivity index (χ2v) is 6.02. The van der Waals surface area contributed by atoms with E-state index < -0.39 is 0 Å². The van der Waals surface area contributed by atoms with E-state index in [-0.39, 0.29) is 17.5 Å². The molecule has 1 aliphatic rings. The van der Waals surface area contributed by atoms with Crippen molar-refractivity contribution in [1.82, 2.24) is 5.32 Å². The molecule has 1 aromatic carbocycles. The molecule has 0 aromatic heterocycles. The van der Waals surface area contributed by atoms with Crippen molar-refractivity contribution in [1.29, 1.82) is 0 Å². The Labute approximate surface area is 125 Å². The van der Waals surface area contributed by atoms with Crippen molar-refractivity contribution >= 4 is 11.6 Å². The molecule has 1 aliphatic carbocycles. The minimum absolute atomic E-state index is 0.145. The van der Waals surface area contributed by atoms with Crippen LogP contribution >= 0.6 is 11.6 Å². The number of likely N-dealkylation sites (N-methyl/N-ethyl adjacent to an activating group) is 1. The zero-order valence-electron chi connectivity index (χ0n) is 12.2. The summed E-state index contributed by atoms with van der Waals surface area (Å²) < 4.78 is 19.3. The molecule has 0 saturated heterocycles. The fourth-order valence-electron chi connectivity index (χ4n) is 3.32. The summed E-state index contributed by atoms with van der Waals surface area (Å²) in [7, 11) is 3.72. The Morgan fingerprint density at radius 2 is 2.05 bits per heavy atom. The van der Waals surface area contributed by atoms with E-state index in [4.69, 9.17) is 16.3 Å². The molecular weight excluding hydrogens is 277 g/mol. The molecule has 20 heavy (non-hydrogen) atoms. The molecule has 1 N–H and O–H groups in total. The van der Waals surface area contributed by atoms with E-state index in [1.54, 1.807) is 13.2 Å². The Hall–Kier alpha value is -0.640. The molecule has 1 unspecified atom stereocenters. The normalized spacial score (nSPS) is 19.8. The summed E-state index contributed by atoms with van der Waals surface area (Å²) >= 11 is 6.19. The summed E-state index contributed by atoms with van der Waals surface area (Å²) in [6.07, 6.45) is 6.40. The monoisotopic (exact) mass is 299 g/mol. The van der Waals surface area contributed by atoms with E-state index in [2.05, 4.69) is 5.32 Å². The summed E-state index contributed by atoms with van der Waals surface area (Å²) in [5, 5.41) is 3.97. The van der Waals surface area contributed by atoms with Crippen LogP contribution in [0.2, 0.25) is 5.02 Å². The highest BCUT2D eigenvalue weighted by Crippen LogP contribution is 2.36. The lowest BCUT2D eigenvalue weighted by molar-refractivity contribution is -0.0657. The first kappa shape index (κ1) is 15.7. The standard InChI is InChI=1S/C16H23ClFNO/c1-19-15(16(20-2)8-4-3-5-9-16)11-12-10-13(18)6-7-14(12)17/h6-7,10,15,19H,3-5,8-9,11H2,1-2H3. The topological polar surface area (TPSA) is 21.3 Å². The van der Waals surface area contributed by atoms with Gasteiger partial charge in [-0.2, -0.15) is 0 Å². The summed E-state index contributed by atoms with van der Waals surface area (Å²) in [6.45, 7) is 0. The van der Waals surface area contributed by atoms with Gasteiger partial charge < -0.3 is 10.1 Å². The average molecular weight is 300 g/mol. The van der Waals surface area contributed by atoms with Gasteiger partial charge in [-0.1, -0.05) is 30.9 Å². The second kappa shape index (κ2) is 6.88. The largest absolute Gasteiger partial charge is 0.377 e. The van der Waals surface area contributed by atoms with Crippen LogP contribution in [0.1, 0.15) is 37.7 Å². The number of ether oxygens (including phenoxy) is 1. The van der Waals surface area contributed by atoms with Gasteiger partial charge in [0.1, 0.15) is 5.82 Å². The predicted molar refractivity (Wildman–Crippen MR) is 80.8 cm³/mol. The zero-order chi connectivity index (χ0) is 14.6. The quantitative estimate of drug-likeness (QED) is 0.888. The molecule has 1 fully saturated rings. The van der Waals surface area contributed by atoms with E-state index in [0.717, 1.165) is 18.4 Å². The molecule has 1 atom stereocenters. The van der Waals surface area contributed by atoms with Crippen LogP contribution in [0, 0.1) is 5.82 Å². The van der Waals surface area contributed by atoms with Crippen molar-refractivity contribution in [3.05, 3.63) is 34.6 Å². The van der Waals surface area contributed by atoms with Gasteiger partial charge in [-0.25, -0.2) is 4.39 Å². The van der Waals surface area contributed by atoms with E-state index in [1.165, 1.54) is 31.4 Å². The number of benzene rings is 1. The highest BCUT2D eigenvalue weighted by atomic mass is 35.5. The van der Waals surface area contributed by atoms with Crippen LogP contribution in [0.4, 0.5) is 4.39 Å². The highest BCUT2D eigenvalue weighted by molar-refractivity contribution is 6.31. The van der Waals surface area contributed by atoms with E-state index in [9.17, 15) is 4.39 Å². The summed E-state index contributed by atoms with van der Waals surface area (Å²) in [4.78, 5) is 0. The molecule has 1 aromatic rings. The van der Waals surface area contributed by atoms with Gasteiger partial charge in [0.2, 0.25) is 0 Å². The molecule has 0 aliphatic heterocycles. The third-order valence-corrected chi connectivity index (χ3v) is 4.89. The number of hydrogen-bond acceptors (Lipinski definition) is 2. The molecule has 0 radical (unpaired) electrons. The molecule has 0 bridgehead atoms. The van der Waals surface area contributed by atoms with Crippen LogP contribution in [0.25, 0.3) is 0 Å². The number of nitrogens with one attached hydrogen (secondary N) is 1. The maximum atomic E-state index is 13.4. The number of halogens is 2. The molecule has 1 saturated carbocycles. The predicted octanol–water partition coefficient (Wildman–Crippen LogP) is 3.96. The van der Waals surface area contributed by atoms with Gasteiger partial charge in [0.15, 0.2) is 0 Å². The van der Waals surface area contributed by atoms with Crippen LogP contribution in [-0.4, -0.2) is 25.8 Å². The maximum Gasteiger partial charge on any atom is 0.123 e. The average Bonchev–Trinajstić information content (AvgIpc) is 2.48. The number of rotatable bonds is 5. The van der Waals surface area contributed by atoms with Crippen molar-refractivity contribution in [2.45, 2.75) is 50.2 Å². The van der Waals surface area contributed by atoms with E-state index in [1.807, 2.05) is 7.05 Å². The fourth-order valence-corrected chi connectivity index (χ4v) is 3.51. The lowest BCUT2D eigenvalue weighted by atomic mass is 9.77. The minimum Gasteiger partial charge on any atom is -0.377 e. The molecule has 0 amide bonds. The molecular formula is C16H23ClFNO. The van der Waals surface area contributed by atoms with Crippen LogP contribution in [0.15, 0.2) is 18.2 Å². The highest BCUT2D eigenvalue weighted by Gasteiger charge is 2.39. The second-order valence-electron chi connectivity index (χ2n) is 5.61. The van der Waals surface area contributed by atoms with Gasteiger partial charge >= 0.3 is 0 Å². The molecule has 4 heteroatoms. The maximum absolute atomic E-state index is 13.4. The van der Waals surface area contributed by atoms with Gasteiger partial charge in [0.25, 0.3) is 0 Å². The van der Waals surface area contributed by atoms with Gasteiger partial charge in [-0.3, -0.25) is 0 Å². The van der Waals surface area contributed by atoms with Crippen molar-refractivity contribution in [3.63, 3.8) is 0 Å². The lowest BCUT2D eigenvalue weighted by Gasteiger charge is -2.42. The van der Waals surface area contributed by atoms with Crippen molar-refractivity contribution < 1.29 is 9.13 Å². The summed E-state index contributed by atoms with van der Waals surface area (Å²) in [5.74, 6) is -0.241. The van der Waals surface area contributed by atoms with Crippen LogP contribution in [0.3, 0.4) is 0 Å². The summed E-state index contributed by atoms with van der Waals surface area (Å²) in [5.41, 5.74) is 0.677. The number of hydrogen-bond donors (Lipinski definition) is 1. The van der Waals surface area contributed by atoms with Gasteiger partial charge in [0, 0.05) is 18.2 Å². The SMILES string of the molecule is CNC(Cc1cc(F)ccc1Cl)C1(OC)CCCCC1. The Bertz CT molecular complexity index is 446. The minimum atomic E-state index is -0.241. The van der Waals surface area contributed by atoms with Gasteiger partial charge in [-0.15, -0.1) is 0 Å². The third kappa shape index (κ3) is 3.33. The Kier molecular flexibility index (Phi) is 5.42. The zero-order valence-corrected chi connectivity index (χ0v) is 13.0. The molecule has 2 nitrogen and oxygen atoms in total. The van der Waals surface area contributed by atoms with Crippen molar-refractivity contribution in [2.24, 2.45) is 0 Å². The molecule has 0 heterocycles. The first-order chi connectivity index (χ1) is 9.61. The number of methoxy groups -OCH3 is 1. The fraction of sp³-hybridized carbons (Fsp3) is 0.625. The van der Waals surface area contributed by atoms with Gasteiger partial charge in [-0.05, 0) is 50.1 Å². The van der Waals surface area contributed by atoms with E-state index >= 15 is 0 Å². The third-order valence-electron chi connectivity index (χ3n) is 4.52. The molecule has 0 spiro atoms. The Morgan fingerprint density at radius 3 is 2.65 bits per heavy atom. The van der Waals surface area contributed by atoms with Gasteiger partial charge in [0.05, 0.1) is 5.60 Å². The van der Waals surface area contributed by atoms with Crippen LogP contribution in [0.5, 0.6) is 0 Å². The molecule has 2 rings (SSSR count). The first-order valence-electron chi connectivity index (χ1n) is 7.27. The smallest absolute Gasteiger partial charge is 0.123 e. The lowest BCUT2D eigenvalue weighted by Crippen LogP contribution is -2.53. The molecule has 112 valence electrons. The summed E-state index contributed by atoms with van der Waals surface area (Å²) in [6, 6.07) is 4.69. The van der Waals surface area contributed by atoms with Crippen molar-refractivity contribution in [3.8, 4) is 0 Å².